The lowest BCUT2D eigenvalue weighted by molar-refractivity contribution is 0.144. The molecule has 2 atom stereocenters. The van der Waals surface area contributed by atoms with Gasteiger partial charge in [-0.3, -0.25) is 0 Å². The average molecular weight is 221 g/mol. The van der Waals surface area contributed by atoms with Gasteiger partial charge in [0.15, 0.2) is 0 Å². The Hall–Kier alpha value is -1.16. The minimum absolute atomic E-state index is 0.102. The van der Waals surface area contributed by atoms with Gasteiger partial charge in [-0.2, -0.15) is 0 Å². The maximum Gasteiger partial charge on any atom is 0.222 e. The zero-order chi connectivity index (χ0) is 11.4. The molecular weight excluding hydrogens is 202 g/mol. The normalized spacial score (nSPS) is 26.1. The van der Waals surface area contributed by atoms with Gasteiger partial charge in [-0.05, 0) is 25.3 Å². The van der Waals surface area contributed by atoms with Gasteiger partial charge in [0, 0.05) is 12.4 Å². The highest BCUT2D eigenvalue weighted by Crippen LogP contribution is 2.20. The summed E-state index contributed by atoms with van der Waals surface area (Å²) in [6.45, 7) is 1.96. The summed E-state index contributed by atoms with van der Waals surface area (Å²) in [7, 11) is 0. The molecule has 1 heterocycles. The Morgan fingerprint density at radius 1 is 1.19 bits per heavy atom. The Morgan fingerprint density at radius 2 is 1.88 bits per heavy atom. The number of hydrogen-bond donors (Lipinski definition) is 2. The van der Waals surface area contributed by atoms with Crippen LogP contribution in [0.4, 0.5) is 5.95 Å². The Labute approximate surface area is 96.1 Å². The first-order valence-electron chi connectivity index (χ1n) is 5.99. The van der Waals surface area contributed by atoms with Crippen molar-refractivity contribution >= 4 is 5.95 Å². The summed E-state index contributed by atoms with van der Waals surface area (Å²) in [5, 5.41) is 13.2. The fourth-order valence-electron chi connectivity index (χ4n) is 2.09. The summed E-state index contributed by atoms with van der Waals surface area (Å²) in [5.74, 6) is 0.622. The summed E-state index contributed by atoms with van der Waals surface area (Å²) >= 11 is 0. The predicted molar refractivity (Wildman–Crippen MR) is 63.3 cm³/mol. The van der Waals surface area contributed by atoms with Gasteiger partial charge in [0.05, 0.1) is 12.1 Å². The topological polar surface area (TPSA) is 58.0 Å². The summed E-state index contributed by atoms with van der Waals surface area (Å²) in [4.78, 5) is 8.41. The van der Waals surface area contributed by atoms with Crippen LogP contribution in [0.2, 0.25) is 0 Å². The van der Waals surface area contributed by atoms with E-state index in [2.05, 4.69) is 15.3 Å². The van der Waals surface area contributed by atoms with E-state index in [0.717, 1.165) is 24.8 Å². The van der Waals surface area contributed by atoms with Crippen molar-refractivity contribution in [1.29, 1.82) is 0 Å². The van der Waals surface area contributed by atoms with Gasteiger partial charge in [-0.15, -0.1) is 0 Å². The van der Waals surface area contributed by atoms with Crippen molar-refractivity contribution in [2.45, 2.75) is 51.2 Å². The summed E-state index contributed by atoms with van der Waals surface area (Å²) < 4.78 is 0. The first-order valence-corrected chi connectivity index (χ1v) is 5.99. The molecule has 2 N–H and O–H groups in total. The third-order valence-corrected chi connectivity index (χ3v) is 3.07. The zero-order valence-electron chi connectivity index (χ0n) is 9.69. The van der Waals surface area contributed by atoms with Gasteiger partial charge >= 0.3 is 0 Å². The van der Waals surface area contributed by atoms with Crippen LogP contribution in [0.15, 0.2) is 12.4 Å². The molecule has 1 aromatic heterocycles. The summed E-state index contributed by atoms with van der Waals surface area (Å²) in [5.41, 5.74) is 1.05. The Kier molecular flexibility index (Phi) is 3.72. The van der Waals surface area contributed by atoms with Crippen LogP contribution in [-0.2, 0) is 0 Å². The zero-order valence-corrected chi connectivity index (χ0v) is 9.69. The van der Waals surface area contributed by atoms with Crippen LogP contribution in [0, 0.1) is 6.92 Å². The number of hydrogen-bond acceptors (Lipinski definition) is 4. The average Bonchev–Trinajstić information content (AvgIpc) is 2.48. The lowest BCUT2D eigenvalue weighted by Gasteiger charge is -2.21. The summed E-state index contributed by atoms with van der Waals surface area (Å²) in [6, 6.07) is 0.102. The molecule has 0 radical (unpaired) electrons. The van der Waals surface area contributed by atoms with Crippen molar-refractivity contribution in [3.63, 3.8) is 0 Å². The number of anilines is 1. The minimum Gasteiger partial charge on any atom is -0.391 e. The molecule has 2 rings (SSSR count). The van der Waals surface area contributed by atoms with E-state index >= 15 is 0 Å². The van der Waals surface area contributed by atoms with E-state index in [0.29, 0.717) is 5.95 Å². The molecule has 0 aromatic carbocycles. The lowest BCUT2D eigenvalue weighted by Crippen LogP contribution is -2.33. The van der Waals surface area contributed by atoms with E-state index in [4.69, 9.17) is 0 Å². The highest BCUT2D eigenvalue weighted by molar-refractivity contribution is 5.26. The van der Waals surface area contributed by atoms with Crippen LogP contribution in [0.25, 0.3) is 0 Å². The number of aryl methyl sites for hydroxylation is 1. The van der Waals surface area contributed by atoms with E-state index < -0.39 is 0 Å². The molecule has 1 aliphatic rings. The summed E-state index contributed by atoms with van der Waals surface area (Å²) in [6.07, 6.45) is 8.68. The SMILES string of the molecule is Cc1cnc(NC2CCCCCC2O)nc1. The molecule has 4 nitrogen and oxygen atoms in total. The highest BCUT2D eigenvalue weighted by Gasteiger charge is 2.21. The number of nitrogens with one attached hydrogen (secondary N) is 1. The quantitative estimate of drug-likeness (QED) is 0.749. The van der Waals surface area contributed by atoms with Crippen LogP contribution in [0.5, 0.6) is 0 Å². The van der Waals surface area contributed by atoms with Crippen molar-refractivity contribution < 1.29 is 5.11 Å². The predicted octanol–water partition coefficient (Wildman–Crippen LogP) is 1.89. The number of aliphatic hydroxyl groups excluding tert-OH is 1. The van der Waals surface area contributed by atoms with E-state index in [1.54, 1.807) is 12.4 Å². The van der Waals surface area contributed by atoms with Gasteiger partial charge in [0.25, 0.3) is 0 Å². The maximum atomic E-state index is 9.95. The number of aliphatic hydroxyl groups is 1. The van der Waals surface area contributed by atoms with Crippen molar-refractivity contribution in [2.75, 3.05) is 5.32 Å². The largest absolute Gasteiger partial charge is 0.391 e. The van der Waals surface area contributed by atoms with E-state index in [1.807, 2.05) is 6.92 Å². The van der Waals surface area contributed by atoms with Gasteiger partial charge in [-0.1, -0.05) is 19.3 Å². The van der Waals surface area contributed by atoms with Crippen LogP contribution in [0.1, 0.15) is 37.7 Å². The molecule has 1 fully saturated rings. The fraction of sp³-hybridized carbons (Fsp3) is 0.667. The first-order chi connectivity index (χ1) is 7.75. The molecule has 0 saturated heterocycles. The Balaban J connectivity index is 1.99. The highest BCUT2D eigenvalue weighted by atomic mass is 16.3. The second kappa shape index (κ2) is 5.25. The molecule has 1 saturated carbocycles. The lowest BCUT2D eigenvalue weighted by atomic mass is 10.1. The Bertz CT molecular complexity index is 326. The van der Waals surface area contributed by atoms with Gasteiger partial charge in [-0.25, -0.2) is 9.97 Å². The van der Waals surface area contributed by atoms with Crippen LogP contribution in [0.3, 0.4) is 0 Å². The van der Waals surface area contributed by atoms with Crippen LogP contribution >= 0.6 is 0 Å². The molecule has 0 amide bonds. The monoisotopic (exact) mass is 221 g/mol. The van der Waals surface area contributed by atoms with Crippen molar-refractivity contribution in [3.8, 4) is 0 Å². The molecule has 1 aliphatic carbocycles. The van der Waals surface area contributed by atoms with Crippen molar-refractivity contribution in [2.24, 2.45) is 0 Å². The molecule has 4 heteroatoms. The van der Waals surface area contributed by atoms with Gasteiger partial charge in [0.2, 0.25) is 5.95 Å². The molecule has 0 aliphatic heterocycles. The van der Waals surface area contributed by atoms with Crippen molar-refractivity contribution in [3.05, 3.63) is 18.0 Å². The second-order valence-electron chi connectivity index (χ2n) is 4.54. The Morgan fingerprint density at radius 3 is 2.62 bits per heavy atom. The second-order valence-corrected chi connectivity index (χ2v) is 4.54. The van der Waals surface area contributed by atoms with E-state index in [9.17, 15) is 5.11 Å². The molecular formula is C12H19N3O. The van der Waals surface area contributed by atoms with Crippen molar-refractivity contribution in [1.82, 2.24) is 9.97 Å². The molecule has 88 valence electrons. The van der Waals surface area contributed by atoms with Gasteiger partial charge < -0.3 is 10.4 Å². The molecule has 0 spiro atoms. The van der Waals surface area contributed by atoms with Crippen LogP contribution < -0.4 is 5.32 Å². The van der Waals surface area contributed by atoms with E-state index in [-0.39, 0.29) is 12.1 Å². The van der Waals surface area contributed by atoms with Crippen LogP contribution in [-0.4, -0.2) is 27.2 Å². The molecule has 16 heavy (non-hydrogen) atoms. The first kappa shape index (κ1) is 11.3. The maximum absolute atomic E-state index is 9.95. The standard InChI is InChI=1S/C12H19N3O/c1-9-7-13-12(14-8-9)15-10-5-3-2-4-6-11(10)16/h7-8,10-11,16H,2-6H2,1H3,(H,13,14,15). The number of aromatic nitrogens is 2. The molecule has 2 unspecified atom stereocenters. The minimum atomic E-state index is -0.271. The molecule has 0 bridgehead atoms. The third-order valence-electron chi connectivity index (χ3n) is 3.07. The van der Waals surface area contributed by atoms with Gasteiger partial charge in [0.1, 0.15) is 0 Å². The third kappa shape index (κ3) is 2.92. The number of nitrogens with zero attached hydrogens (tertiary/aromatic N) is 2. The smallest absolute Gasteiger partial charge is 0.222 e. The fourth-order valence-corrected chi connectivity index (χ4v) is 2.09. The van der Waals surface area contributed by atoms with E-state index in [1.165, 1.54) is 12.8 Å². The number of rotatable bonds is 2. The molecule has 1 aromatic rings.